The predicted octanol–water partition coefficient (Wildman–Crippen LogP) is 2.63. The van der Waals surface area contributed by atoms with Crippen LogP contribution >= 0.6 is 11.6 Å². The first-order chi connectivity index (χ1) is 8.17. The van der Waals surface area contributed by atoms with Gasteiger partial charge in [-0.15, -0.1) is 10.2 Å². The fraction of sp³-hybridized carbons (Fsp3) is 0.273. The van der Waals surface area contributed by atoms with Gasteiger partial charge in [-0.3, -0.25) is 4.57 Å². The molecule has 4 nitrogen and oxygen atoms in total. The summed E-state index contributed by atoms with van der Waals surface area (Å²) in [6, 6.07) is 4.22. The Morgan fingerprint density at radius 2 is 2.18 bits per heavy atom. The molecule has 2 rings (SSSR count). The van der Waals surface area contributed by atoms with Crippen LogP contribution in [0.15, 0.2) is 18.2 Å². The Labute approximate surface area is 103 Å². The summed E-state index contributed by atoms with van der Waals surface area (Å²) in [6.07, 6.45) is 0.667. The minimum atomic E-state index is -0.368. The molecule has 0 spiro atoms. The molecule has 0 bridgehead atoms. The molecule has 0 amide bonds. The summed E-state index contributed by atoms with van der Waals surface area (Å²) in [5.74, 6) is 0.717. The van der Waals surface area contributed by atoms with Crippen LogP contribution in [0.5, 0.6) is 5.75 Å². The van der Waals surface area contributed by atoms with Crippen molar-refractivity contribution < 1.29 is 9.13 Å². The number of hydrogen-bond acceptors (Lipinski definition) is 3. The van der Waals surface area contributed by atoms with Crippen LogP contribution < -0.4 is 4.74 Å². The molecule has 90 valence electrons. The third-order valence-electron chi connectivity index (χ3n) is 2.39. The van der Waals surface area contributed by atoms with Crippen molar-refractivity contribution in [3.63, 3.8) is 0 Å². The lowest BCUT2D eigenvalue weighted by Gasteiger charge is -2.11. The smallest absolute Gasteiger partial charge is 0.229 e. The average Bonchev–Trinajstić information content (AvgIpc) is 2.70. The lowest BCUT2D eigenvalue weighted by atomic mass is 10.2. The van der Waals surface area contributed by atoms with Gasteiger partial charge in [0, 0.05) is 12.5 Å². The highest BCUT2D eigenvalue weighted by Gasteiger charge is 2.15. The van der Waals surface area contributed by atoms with Crippen molar-refractivity contribution >= 4 is 11.6 Å². The highest BCUT2D eigenvalue weighted by molar-refractivity contribution is 6.28. The van der Waals surface area contributed by atoms with Gasteiger partial charge >= 0.3 is 0 Å². The van der Waals surface area contributed by atoms with Crippen LogP contribution in [0.25, 0.3) is 5.69 Å². The van der Waals surface area contributed by atoms with Gasteiger partial charge < -0.3 is 4.74 Å². The summed E-state index contributed by atoms with van der Waals surface area (Å²) in [5.41, 5.74) is 0.626. The number of rotatable bonds is 3. The predicted molar refractivity (Wildman–Crippen MR) is 62.3 cm³/mol. The average molecular weight is 256 g/mol. The van der Waals surface area contributed by atoms with E-state index in [1.165, 1.54) is 19.2 Å². The first-order valence-electron chi connectivity index (χ1n) is 5.11. The molecule has 1 aromatic carbocycles. The van der Waals surface area contributed by atoms with Gasteiger partial charge in [0.25, 0.3) is 0 Å². The molecule has 0 saturated heterocycles. The number of halogens is 2. The molecule has 0 aliphatic carbocycles. The third kappa shape index (κ3) is 2.10. The van der Waals surface area contributed by atoms with E-state index in [9.17, 15) is 4.39 Å². The van der Waals surface area contributed by atoms with Gasteiger partial charge in [-0.25, -0.2) is 4.39 Å². The standard InChI is InChI=1S/C11H11ClFN3O/c1-3-10-14-15-11(12)16(10)8-5-4-7(13)6-9(8)17-2/h4-6H,3H2,1-2H3. The van der Waals surface area contributed by atoms with Crippen LogP contribution in [0.3, 0.4) is 0 Å². The zero-order valence-corrected chi connectivity index (χ0v) is 10.2. The summed E-state index contributed by atoms with van der Waals surface area (Å²) >= 11 is 5.97. The zero-order valence-electron chi connectivity index (χ0n) is 9.44. The van der Waals surface area contributed by atoms with Gasteiger partial charge in [-0.05, 0) is 23.7 Å². The lowest BCUT2D eigenvalue weighted by Crippen LogP contribution is -2.03. The highest BCUT2D eigenvalue weighted by Crippen LogP contribution is 2.27. The summed E-state index contributed by atoms with van der Waals surface area (Å²) in [4.78, 5) is 0. The van der Waals surface area contributed by atoms with Gasteiger partial charge in [0.1, 0.15) is 17.4 Å². The van der Waals surface area contributed by atoms with Crippen molar-refractivity contribution in [1.82, 2.24) is 14.8 Å². The van der Waals surface area contributed by atoms with E-state index in [4.69, 9.17) is 16.3 Å². The largest absolute Gasteiger partial charge is 0.494 e. The Kier molecular flexibility index (Phi) is 3.28. The van der Waals surface area contributed by atoms with Crippen LogP contribution in [0.2, 0.25) is 5.28 Å². The number of aryl methyl sites for hydroxylation is 1. The molecule has 0 unspecified atom stereocenters. The van der Waals surface area contributed by atoms with Crippen LogP contribution in [0, 0.1) is 5.82 Å². The molecule has 0 fully saturated rings. The van der Waals surface area contributed by atoms with Crippen LogP contribution in [-0.4, -0.2) is 21.9 Å². The van der Waals surface area contributed by atoms with Crippen molar-refractivity contribution in [3.05, 3.63) is 35.1 Å². The molecule has 0 aliphatic heterocycles. The van der Waals surface area contributed by atoms with E-state index < -0.39 is 0 Å². The monoisotopic (exact) mass is 255 g/mol. The number of methoxy groups -OCH3 is 1. The Hall–Kier alpha value is -1.62. The Bertz CT molecular complexity index is 542. The van der Waals surface area contributed by atoms with Crippen LogP contribution in [0.1, 0.15) is 12.7 Å². The quantitative estimate of drug-likeness (QED) is 0.846. The number of hydrogen-bond donors (Lipinski definition) is 0. The topological polar surface area (TPSA) is 39.9 Å². The second kappa shape index (κ2) is 4.71. The first kappa shape index (κ1) is 11.9. The molecule has 0 atom stereocenters. The van der Waals surface area contributed by atoms with E-state index >= 15 is 0 Å². The normalized spacial score (nSPS) is 10.6. The zero-order chi connectivity index (χ0) is 12.4. The maximum atomic E-state index is 13.1. The van der Waals surface area contributed by atoms with E-state index in [1.54, 1.807) is 10.6 Å². The molecule has 0 N–H and O–H groups in total. The Morgan fingerprint density at radius 3 is 2.82 bits per heavy atom. The lowest BCUT2D eigenvalue weighted by molar-refractivity contribution is 0.409. The minimum absolute atomic E-state index is 0.228. The summed E-state index contributed by atoms with van der Waals surface area (Å²) in [7, 11) is 1.47. The molecule has 2 aromatic rings. The maximum Gasteiger partial charge on any atom is 0.229 e. The van der Waals surface area contributed by atoms with Gasteiger partial charge in [0.2, 0.25) is 5.28 Å². The van der Waals surface area contributed by atoms with E-state index in [-0.39, 0.29) is 11.1 Å². The van der Waals surface area contributed by atoms with Crippen molar-refractivity contribution in [2.75, 3.05) is 7.11 Å². The van der Waals surface area contributed by atoms with Crippen LogP contribution in [-0.2, 0) is 6.42 Å². The molecule has 0 radical (unpaired) electrons. The van der Waals surface area contributed by atoms with Gasteiger partial charge in [0.15, 0.2) is 0 Å². The second-order valence-corrected chi connectivity index (χ2v) is 3.73. The van der Waals surface area contributed by atoms with Gasteiger partial charge in [0.05, 0.1) is 12.8 Å². The van der Waals surface area contributed by atoms with Crippen molar-refractivity contribution in [1.29, 1.82) is 0 Å². The molecule has 1 heterocycles. The van der Waals surface area contributed by atoms with Gasteiger partial charge in [-0.2, -0.15) is 0 Å². The second-order valence-electron chi connectivity index (χ2n) is 3.39. The van der Waals surface area contributed by atoms with E-state index in [2.05, 4.69) is 10.2 Å². The number of benzene rings is 1. The highest BCUT2D eigenvalue weighted by atomic mass is 35.5. The third-order valence-corrected chi connectivity index (χ3v) is 2.63. The van der Waals surface area contributed by atoms with Crippen molar-refractivity contribution in [3.8, 4) is 11.4 Å². The number of aromatic nitrogens is 3. The summed E-state index contributed by atoms with van der Waals surface area (Å²) in [6.45, 7) is 1.94. The Morgan fingerprint density at radius 1 is 1.41 bits per heavy atom. The molecule has 17 heavy (non-hydrogen) atoms. The summed E-state index contributed by atoms with van der Waals surface area (Å²) in [5, 5.41) is 7.96. The SMILES string of the molecule is CCc1nnc(Cl)n1-c1ccc(F)cc1OC. The molecular weight excluding hydrogens is 245 g/mol. The molecule has 1 aromatic heterocycles. The fourth-order valence-electron chi connectivity index (χ4n) is 1.60. The molecule has 0 aliphatic rings. The molecule has 0 saturated carbocycles. The molecule has 6 heteroatoms. The number of ether oxygens (including phenoxy) is 1. The first-order valence-corrected chi connectivity index (χ1v) is 5.49. The van der Waals surface area contributed by atoms with Crippen LogP contribution in [0.4, 0.5) is 4.39 Å². The molecular formula is C11H11ClFN3O. The minimum Gasteiger partial charge on any atom is -0.494 e. The van der Waals surface area contributed by atoms with E-state index in [0.29, 0.717) is 23.7 Å². The number of nitrogens with zero attached hydrogens (tertiary/aromatic N) is 3. The van der Waals surface area contributed by atoms with Crippen molar-refractivity contribution in [2.45, 2.75) is 13.3 Å². The van der Waals surface area contributed by atoms with E-state index in [1.807, 2.05) is 6.92 Å². The van der Waals surface area contributed by atoms with E-state index in [0.717, 1.165) is 0 Å². The fourth-order valence-corrected chi connectivity index (χ4v) is 1.82. The maximum absolute atomic E-state index is 13.1. The summed E-state index contributed by atoms with van der Waals surface area (Å²) < 4.78 is 19.9. The Balaban J connectivity index is 2.63. The van der Waals surface area contributed by atoms with Crippen molar-refractivity contribution in [2.24, 2.45) is 0 Å². The van der Waals surface area contributed by atoms with Gasteiger partial charge in [-0.1, -0.05) is 6.92 Å².